The number of pyridine rings is 1. The number of nitrogens with one attached hydrogen (secondary N) is 1. The van der Waals surface area contributed by atoms with Gasteiger partial charge in [0, 0.05) is 11.7 Å². The number of aryl methyl sites for hydroxylation is 2. The van der Waals surface area contributed by atoms with E-state index >= 15 is 0 Å². The summed E-state index contributed by atoms with van der Waals surface area (Å²) in [4.78, 5) is 0.270. The van der Waals surface area contributed by atoms with Crippen LogP contribution in [0, 0.1) is 13.8 Å². The highest BCUT2D eigenvalue weighted by Crippen LogP contribution is 2.30. The first-order chi connectivity index (χ1) is 16.9. The molecule has 0 saturated heterocycles. The van der Waals surface area contributed by atoms with E-state index in [2.05, 4.69) is 58.6 Å². The van der Waals surface area contributed by atoms with Crippen molar-refractivity contribution in [3.05, 3.63) is 132 Å². The molecule has 0 aliphatic heterocycles. The van der Waals surface area contributed by atoms with Crippen LogP contribution < -0.4 is 4.72 Å². The van der Waals surface area contributed by atoms with Gasteiger partial charge in [-0.2, -0.15) is 0 Å². The highest BCUT2D eigenvalue weighted by Gasteiger charge is 2.23. The Morgan fingerprint density at radius 2 is 1.40 bits per heavy atom. The van der Waals surface area contributed by atoms with Crippen molar-refractivity contribution in [2.45, 2.75) is 31.2 Å². The van der Waals surface area contributed by atoms with Crippen LogP contribution in [-0.2, 0) is 16.4 Å². The van der Waals surface area contributed by atoms with Crippen molar-refractivity contribution in [2.24, 2.45) is 0 Å². The first-order valence-electron chi connectivity index (χ1n) is 11.7. The van der Waals surface area contributed by atoms with Crippen LogP contribution >= 0.6 is 0 Å². The van der Waals surface area contributed by atoms with E-state index in [4.69, 9.17) is 0 Å². The smallest absolute Gasteiger partial charge is 0.241 e. The van der Waals surface area contributed by atoms with Crippen LogP contribution in [0.3, 0.4) is 0 Å². The summed E-state index contributed by atoms with van der Waals surface area (Å²) in [6, 6.07) is 33.1. The van der Waals surface area contributed by atoms with Crippen LogP contribution in [0.2, 0.25) is 0 Å². The normalized spacial score (nSPS) is 12.6. The predicted molar refractivity (Wildman–Crippen MR) is 142 cm³/mol. The molecular weight excluding hydrogens is 452 g/mol. The first kappa shape index (κ1) is 23.1. The average molecular weight is 481 g/mol. The maximum absolute atomic E-state index is 13.3. The maximum atomic E-state index is 13.3. The summed E-state index contributed by atoms with van der Waals surface area (Å²) in [5.74, 6) is 0. The Morgan fingerprint density at radius 1 is 0.771 bits per heavy atom. The topological polar surface area (TPSA) is 50.6 Å². The number of sulfonamides is 1. The van der Waals surface area contributed by atoms with Gasteiger partial charge in [-0.3, -0.25) is 0 Å². The number of rotatable bonds is 7. The second-order valence-electron chi connectivity index (χ2n) is 8.98. The molecule has 5 rings (SSSR count). The Kier molecular flexibility index (Phi) is 6.29. The van der Waals surface area contributed by atoms with Gasteiger partial charge in [-0.05, 0) is 67.3 Å². The molecule has 0 aliphatic rings. The van der Waals surface area contributed by atoms with Gasteiger partial charge in [0.15, 0.2) is 0 Å². The molecule has 1 atom stereocenters. The molecule has 0 aliphatic carbocycles. The van der Waals surface area contributed by atoms with Gasteiger partial charge in [0.25, 0.3) is 0 Å². The van der Waals surface area contributed by atoms with Crippen LogP contribution in [-0.4, -0.2) is 12.8 Å². The monoisotopic (exact) mass is 480 g/mol. The van der Waals surface area contributed by atoms with Gasteiger partial charge in [0.1, 0.15) is 0 Å². The van der Waals surface area contributed by atoms with E-state index in [1.807, 2.05) is 61.5 Å². The number of nitrogens with zero attached hydrogens (tertiary/aromatic N) is 1. The fourth-order valence-corrected chi connectivity index (χ4v) is 5.66. The van der Waals surface area contributed by atoms with Gasteiger partial charge in [0.05, 0.1) is 16.6 Å². The molecule has 0 saturated carbocycles. The summed E-state index contributed by atoms with van der Waals surface area (Å²) in [7, 11) is -3.70. The SMILES string of the molecule is Cc1ccc(-c2cc(C[C@H](NS(=O)(=O)c3ccc(C)cc3)c3ccccc3)c3ccccn23)cc1. The highest BCUT2D eigenvalue weighted by molar-refractivity contribution is 7.89. The van der Waals surface area contributed by atoms with E-state index in [1.54, 1.807) is 12.1 Å². The summed E-state index contributed by atoms with van der Waals surface area (Å²) < 4.78 is 31.8. The van der Waals surface area contributed by atoms with Crippen molar-refractivity contribution < 1.29 is 8.42 Å². The van der Waals surface area contributed by atoms with Crippen LogP contribution in [0.5, 0.6) is 0 Å². The molecule has 35 heavy (non-hydrogen) atoms. The molecule has 0 spiro atoms. The molecule has 2 heterocycles. The number of hydrogen-bond donors (Lipinski definition) is 1. The van der Waals surface area contributed by atoms with Crippen molar-refractivity contribution >= 4 is 15.5 Å². The summed E-state index contributed by atoms with van der Waals surface area (Å²) in [6.45, 7) is 4.02. The third-order valence-electron chi connectivity index (χ3n) is 6.36. The molecule has 4 nitrogen and oxygen atoms in total. The third-order valence-corrected chi connectivity index (χ3v) is 7.85. The molecule has 0 amide bonds. The van der Waals surface area contributed by atoms with E-state index in [9.17, 15) is 8.42 Å². The Balaban J connectivity index is 1.56. The lowest BCUT2D eigenvalue weighted by molar-refractivity contribution is 0.555. The Hall–Kier alpha value is -3.67. The lowest BCUT2D eigenvalue weighted by atomic mass is 10.00. The Labute approximate surface area is 206 Å². The van der Waals surface area contributed by atoms with E-state index in [0.29, 0.717) is 6.42 Å². The quantitative estimate of drug-likeness (QED) is 0.290. The van der Waals surface area contributed by atoms with Gasteiger partial charge in [0.2, 0.25) is 10.0 Å². The maximum Gasteiger partial charge on any atom is 0.241 e. The average Bonchev–Trinajstić information content (AvgIpc) is 3.23. The number of hydrogen-bond acceptors (Lipinski definition) is 2. The summed E-state index contributed by atoms with van der Waals surface area (Å²) in [6.07, 6.45) is 2.58. The minimum absolute atomic E-state index is 0.270. The zero-order valence-electron chi connectivity index (χ0n) is 19.8. The highest BCUT2D eigenvalue weighted by atomic mass is 32.2. The molecule has 5 heteroatoms. The number of fused-ring (bicyclic) bond motifs is 1. The van der Waals surface area contributed by atoms with E-state index in [-0.39, 0.29) is 4.90 Å². The molecule has 2 aromatic heterocycles. The zero-order chi connectivity index (χ0) is 24.4. The minimum atomic E-state index is -3.70. The minimum Gasteiger partial charge on any atom is -0.316 e. The second kappa shape index (κ2) is 9.53. The van der Waals surface area contributed by atoms with Crippen molar-refractivity contribution in [1.82, 2.24) is 9.12 Å². The van der Waals surface area contributed by atoms with Gasteiger partial charge >= 0.3 is 0 Å². The van der Waals surface area contributed by atoms with Crippen LogP contribution in [0.15, 0.2) is 114 Å². The summed E-state index contributed by atoms with van der Waals surface area (Å²) in [5, 5.41) is 0. The Bertz CT molecular complexity index is 1550. The molecular formula is C30H28N2O2S. The number of aromatic nitrogens is 1. The second-order valence-corrected chi connectivity index (χ2v) is 10.7. The van der Waals surface area contributed by atoms with Gasteiger partial charge < -0.3 is 4.40 Å². The largest absolute Gasteiger partial charge is 0.316 e. The molecule has 176 valence electrons. The lowest BCUT2D eigenvalue weighted by Gasteiger charge is -2.19. The van der Waals surface area contributed by atoms with E-state index in [0.717, 1.165) is 33.5 Å². The predicted octanol–water partition coefficient (Wildman–Crippen LogP) is 6.49. The molecule has 0 bridgehead atoms. The molecule has 0 fully saturated rings. The summed E-state index contributed by atoms with van der Waals surface area (Å²) >= 11 is 0. The molecule has 5 aromatic rings. The number of benzene rings is 3. The van der Waals surface area contributed by atoms with Crippen molar-refractivity contribution in [2.75, 3.05) is 0 Å². The van der Waals surface area contributed by atoms with Crippen molar-refractivity contribution in [1.29, 1.82) is 0 Å². The van der Waals surface area contributed by atoms with Gasteiger partial charge in [-0.25, -0.2) is 13.1 Å². The van der Waals surface area contributed by atoms with E-state index < -0.39 is 16.1 Å². The molecule has 0 unspecified atom stereocenters. The van der Waals surface area contributed by atoms with E-state index in [1.165, 1.54) is 5.56 Å². The van der Waals surface area contributed by atoms with Crippen molar-refractivity contribution in [3.8, 4) is 11.3 Å². The molecule has 1 N–H and O–H groups in total. The zero-order valence-corrected chi connectivity index (χ0v) is 20.7. The van der Waals surface area contributed by atoms with Crippen LogP contribution in [0.1, 0.15) is 28.3 Å². The fourth-order valence-electron chi connectivity index (χ4n) is 4.44. The lowest BCUT2D eigenvalue weighted by Crippen LogP contribution is -2.30. The third kappa shape index (κ3) is 4.92. The molecule has 3 aromatic carbocycles. The van der Waals surface area contributed by atoms with Gasteiger partial charge in [-0.1, -0.05) is 83.9 Å². The first-order valence-corrected chi connectivity index (χ1v) is 13.2. The van der Waals surface area contributed by atoms with Crippen LogP contribution in [0.25, 0.3) is 16.8 Å². The Morgan fingerprint density at radius 3 is 2.09 bits per heavy atom. The standard InChI is InChI=1S/C30H28N2O2S/c1-22-11-15-25(16-12-22)30-21-26(29-10-6-7-19-32(29)30)20-28(24-8-4-3-5-9-24)31-35(33,34)27-17-13-23(2)14-18-27/h3-19,21,28,31H,20H2,1-2H3/t28-/m0/s1. The van der Waals surface area contributed by atoms with Crippen LogP contribution in [0.4, 0.5) is 0 Å². The summed E-state index contributed by atoms with van der Waals surface area (Å²) in [5.41, 5.74) is 7.52. The van der Waals surface area contributed by atoms with Crippen molar-refractivity contribution in [3.63, 3.8) is 0 Å². The fraction of sp³-hybridized carbons (Fsp3) is 0.133. The molecule has 0 radical (unpaired) electrons. The van der Waals surface area contributed by atoms with Gasteiger partial charge in [-0.15, -0.1) is 0 Å².